The van der Waals surface area contributed by atoms with E-state index in [-0.39, 0.29) is 0 Å². The highest BCUT2D eigenvalue weighted by atomic mass is 79.9. The smallest absolute Gasteiger partial charge is 0.140 e. The van der Waals surface area contributed by atoms with E-state index in [4.69, 9.17) is 9.47 Å². The molecule has 1 aromatic carbocycles. The van der Waals surface area contributed by atoms with Crippen LogP contribution in [0.1, 0.15) is 37.3 Å². The summed E-state index contributed by atoms with van der Waals surface area (Å²) in [4.78, 5) is 10.5. The molecule has 0 bridgehead atoms. The fourth-order valence-electron chi connectivity index (χ4n) is 1.95. The number of hydrogen-bond donors (Lipinski definition) is 0. The van der Waals surface area contributed by atoms with Gasteiger partial charge in [-0.05, 0) is 45.5 Å². The molecule has 0 N–H and O–H groups in total. The van der Waals surface area contributed by atoms with Crippen molar-refractivity contribution in [3.05, 3.63) is 21.7 Å². The van der Waals surface area contributed by atoms with Gasteiger partial charge < -0.3 is 14.3 Å². The summed E-state index contributed by atoms with van der Waals surface area (Å²) in [5, 5.41) is 0. The molecule has 0 aromatic heterocycles. The monoisotopic (exact) mass is 314 g/mol. The van der Waals surface area contributed by atoms with Gasteiger partial charge in [0.05, 0.1) is 14.2 Å². The molecule has 0 fully saturated rings. The second-order valence-electron chi connectivity index (χ2n) is 4.37. The van der Waals surface area contributed by atoms with Crippen molar-refractivity contribution in [2.24, 2.45) is 0 Å². The second-order valence-corrected chi connectivity index (χ2v) is 5.16. The van der Waals surface area contributed by atoms with Crippen LogP contribution in [-0.2, 0) is 11.2 Å². The molecule has 0 atom stereocenters. The molecule has 3 nitrogen and oxygen atoms in total. The van der Waals surface area contributed by atoms with E-state index in [1.165, 1.54) is 0 Å². The lowest BCUT2D eigenvalue weighted by Gasteiger charge is -2.19. The molecule has 0 saturated carbocycles. The number of aryl methyl sites for hydroxylation is 1. The molecule has 0 radical (unpaired) electrons. The number of rotatable bonds is 6. The zero-order chi connectivity index (χ0) is 13.7. The summed E-state index contributed by atoms with van der Waals surface area (Å²) in [7, 11) is 3.27. The first kappa shape index (κ1) is 15.0. The molecule has 4 heteroatoms. The maximum absolute atomic E-state index is 10.5. The Hall–Kier alpha value is -1.03. The van der Waals surface area contributed by atoms with Gasteiger partial charge in [0.25, 0.3) is 0 Å². The fraction of sp³-hybridized carbons (Fsp3) is 0.500. The lowest BCUT2D eigenvalue weighted by atomic mass is 9.97. The zero-order valence-corrected chi connectivity index (χ0v) is 12.8. The highest BCUT2D eigenvalue weighted by molar-refractivity contribution is 9.10. The van der Waals surface area contributed by atoms with Gasteiger partial charge in [0.2, 0.25) is 0 Å². The number of halogens is 1. The zero-order valence-electron chi connectivity index (χ0n) is 11.2. The molecule has 0 amide bonds. The molecule has 0 saturated heterocycles. The molecule has 0 heterocycles. The largest absolute Gasteiger partial charge is 0.495 e. The van der Waals surface area contributed by atoms with Crippen molar-refractivity contribution >= 4 is 22.2 Å². The van der Waals surface area contributed by atoms with Crippen molar-refractivity contribution in [3.8, 4) is 11.5 Å². The highest BCUT2D eigenvalue weighted by Gasteiger charge is 2.19. The molecule has 0 spiro atoms. The number of carbonyl (C=O) groups excluding carboxylic acids is 1. The van der Waals surface area contributed by atoms with Gasteiger partial charge in [-0.3, -0.25) is 0 Å². The molecule has 0 aliphatic heterocycles. The Balaban J connectivity index is 3.37. The lowest BCUT2D eigenvalue weighted by Crippen LogP contribution is -2.02. The Morgan fingerprint density at radius 1 is 1.28 bits per heavy atom. The first-order valence-electron chi connectivity index (χ1n) is 5.93. The second kappa shape index (κ2) is 6.78. The summed E-state index contributed by atoms with van der Waals surface area (Å²) < 4.78 is 11.7. The highest BCUT2D eigenvalue weighted by Crippen LogP contribution is 2.43. The van der Waals surface area contributed by atoms with Crippen LogP contribution in [0.5, 0.6) is 11.5 Å². The van der Waals surface area contributed by atoms with Gasteiger partial charge in [-0.1, -0.05) is 13.8 Å². The first-order chi connectivity index (χ1) is 8.56. The number of benzene rings is 1. The minimum absolute atomic E-state index is 0.345. The van der Waals surface area contributed by atoms with Gasteiger partial charge in [-0.15, -0.1) is 0 Å². The van der Waals surface area contributed by atoms with Crippen molar-refractivity contribution in [2.75, 3.05) is 14.2 Å². The molecule has 100 valence electrons. The quantitative estimate of drug-likeness (QED) is 0.751. The van der Waals surface area contributed by atoms with E-state index in [0.29, 0.717) is 18.8 Å². The molecular weight excluding hydrogens is 296 g/mol. The topological polar surface area (TPSA) is 35.5 Å². The van der Waals surface area contributed by atoms with Crippen LogP contribution >= 0.6 is 15.9 Å². The van der Waals surface area contributed by atoms with Crippen molar-refractivity contribution in [1.29, 1.82) is 0 Å². The molecular formula is C14H19BrO3. The number of carbonyl (C=O) groups is 1. The summed E-state index contributed by atoms with van der Waals surface area (Å²) in [5.41, 5.74) is 2.15. The fourth-order valence-corrected chi connectivity index (χ4v) is 2.75. The minimum Gasteiger partial charge on any atom is -0.495 e. The SMILES string of the molecule is COc1c(CCC=O)cc(C(C)C)c(OC)c1Br. The predicted molar refractivity (Wildman–Crippen MR) is 75.7 cm³/mol. The normalized spacial score (nSPS) is 10.6. The van der Waals surface area contributed by atoms with Crippen LogP contribution in [0.15, 0.2) is 10.5 Å². The van der Waals surface area contributed by atoms with Gasteiger partial charge in [0.15, 0.2) is 0 Å². The van der Waals surface area contributed by atoms with E-state index >= 15 is 0 Å². The number of ether oxygens (including phenoxy) is 2. The van der Waals surface area contributed by atoms with Crippen LogP contribution < -0.4 is 9.47 Å². The summed E-state index contributed by atoms with van der Waals surface area (Å²) >= 11 is 3.53. The number of aldehydes is 1. The summed E-state index contributed by atoms with van der Waals surface area (Å²) in [5.74, 6) is 1.90. The molecule has 0 aliphatic rings. The summed E-state index contributed by atoms with van der Waals surface area (Å²) in [6.45, 7) is 4.22. The summed E-state index contributed by atoms with van der Waals surface area (Å²) in [6, 6.07) is 2.07. The van der Waals surface area contributed by atoms with Crippen LogP contribution in [0.3, 0.4) is 0 Å². The van der Waals surface area contributed by atoms with E-state index < -0.39 is 0 Å². The lowest BCUT2D eigenvalue weighted by molar-refractivity contribution is -0.107. The third kappa shape index (κ3) is 3.05. The van der Waals surface area contributed by atoms with Crippen LogP contribution in [0.4, 0.5) is 0 Å². The predicted octanol–water partition coefficient (Wildman–Crippen LogP) is 3.72. The van der Waals surface area contributed by atoms with Crippen molar-refractivity contribution in [3.63, 3.8) is 0 Å². The van der Waals surface area contributed by atoms with Gasteiger partial charge in [0.1, 0.15) is 22.3 Å². The first-order valence-corrected chi connectivity index (χ1v) is 6.72. The van der Waals surface area contributed by atoms with Gasteiger partial charge >= 0.3 is 0 Å². The van der Waals surface area contributed by atoms with Crippen LogP contribution in [0, 0.1) is 0 Å². The molecule has 18 heavy (non-hydrogen) atoms. The standard InChI is InChI=1S/C14H19BrO3/c1-9(2)11-8-10(6-5-7-16)13(17-3)12(15)14(11)18-4/h7-9H,5-6H2,1-4H3. The van der Waals surface area contributed by atoms with Crippen molar-refractivity contribution in [1.82, 2.24) is 0 Å². The Morgan fingerprint density at radius 3 is 2.33 bits per heavy atom. The van der Waals surface area contributed by atoms with Crippen LogP contribution in [-0.4, -0.2) is 20.5 Å². The van der Waals surface area contributed by atoms with Gasteiger partial charge in [-0.2, -0.15) is 0 Å². The van der Waals surface area contributed by atoms with Crippen LogP contribution in [0.25, 0.3) is 0 Å². The molecule has 0 aliphatic carbocycles. The van der Waals surface area contributed by atoms with E-state index in [1.54, 1.807) is 14.2 Å². The Morgan fingerprint density at radius 2 is 1.89 bits per heavy atom. The van der Waals surface area contributed by atoms with E-state index in [2.05, 4.69) is 35.8 Å². The molecule has 1 rings (SSSR count). The Bertz CT molecular complexity index is 428. The van der Waals surface area contributed by atoms with Crippen molar-refractivity contribution < 1.29 is 14.3 Å². The van der Waals surface area contributed by atoms with Crippen LogP contribution in [0.2, 0.25) is 0 Å². The molecule has 1 aromatic rings. The number of hydrogen-bond acceptors (Lipinski definition) is 3. The van der Waals surface area contributed by atoms with E-state index in [0.717, 1.165) is 33.4 Å². The minimum atomic E-state index is 0.345. The maximum atomic E-state index is 10.5. The third-order valence-electron chi connectivity index (χ3n) is 2.84. The Kier molecular flexibility index (Phi) is 5.66. The number of methoxy groups -OCH3 is 2. The maximum Gasteiger partial charge on any atom is 0.140 e. The summed E-state index contributed by atoms with van der Waals surface area (Å²) in [6.07, 6.45) is 2.09. The Labute approximate surface area is 117 Å². The average molecular weight is 315 g/mol. The van der Waals surface area contributed by atoms with E-state index in [1.807, 2.05) is 0 Å². The van der Waals surface area contributed by atoms with E-state index in [9.17, 15) is 4.79 Å². The van der Waals surface area contributed by atoms with Gasteiger partial charge in [-0.25, -0.2) is 0 Å². The molecule has 0 unspecified atom stereocenters. The average Bonchev–Trinajstić information content (AvgIpc) is 2.35. The van der Waals surface area contributed by atoms with Crippen molar-refractivity contribution in [2.45, 2.75) is 32.6 Å². The van der Waals surface area contributed by atoms with Gasteiger partial charge in [0, 0.05) is 6.42 Å². The third-order valence-corrected chi connectivity index (χ3v) is 3.56.